The minimum atomic E-state index is -3.63. The first-order valence-electron chi connectivity index (χ1n) is 12.3. The molecule has 0 N–H and O–H groups in total. The molecule has 0 spiro atoms. The highest BCUT2D eigenvalue weighted by Crippen LogP contribution is 2.32. The lowest BCUT2D eigenvalue weighted by molar-refractivity contribution is 0.0746. The van der Waals surface area contributed by atoms with Crippen LogP contribution in [0, 0.1) is 13.8 Å². The van der Waals surface area contributed by atoms with Crippen LogP contribution in [0.25, 0.3) is 10.2 Å². The summed E-state index contributed by atoms with van der Waals surface area (Å²) in [6.45, 7) is 7.83. The van der Waals surface area contributed by atoms with Crippen molar-refractivity contribution in [2.24, 2.45) is 0 Å². The first kappa shape index (κ1) is 25.1. The third-order valence-electron chi connectivity index (χ3n) is 6.94. The first-order valence-corrected chi connectivity index (χ1v) is 14.6. The molecule has 3 aromatic rings. The number of thiazole rings is 1. The number of ether oxygens (including phenoxy) is 1. The van der Waals surface area contributed by atoms with Gasteiger partial charge < -0.3 is 14.5 Å². The second-order valence-electron chi connectivity index (χ2n) is 9.65. The monoisotopic (exact) mass is 528 g/mol. The van der Waals surface area contributed by atoms with Crippen molar-refractivity contribution in [3.8, 4) is 0 Å². The molecule has 8 nitrogen and oxygen atoms in total. The SMILES string of the molecule is Cc1cc(C)c2sc(N3CCN(C(=O)c4ccc(S(=O)(=O)N(C)CC5CCCO5)cc4)CC3)nc2c1. The number of anilines is 1. The number of aromatic nitrogens is 1. The number of benzene rings is 2. The van der Waals surface area contributed by atoms with Crippen molar-refractivity contribution in [3.05, 3.63) is 53.1 Å². The lowest BCUT2D eigenvalue weighted by Gasteiger charge is -2.34. The normalized spacial score (nSPS) is 18.9. The summed E-state index contributed by atoms with van der Waals surface area (Å²) in [5.74, 6) is -0.0814. The predicted molar refractivity (Wildman–Crippen MR) is 142 cm³/mol. The second kappa shape index (κ2) is 10.1. The van der Waals surface area contributed by atoms with Crippen LogP contribution in [0.3, 0.4) is 0 Å². The minimum Gasteiger partial charge on any atom is -0.377 e. The largest absolute Gasteiger partial charge is 0.377 e. The summed E-state index contributed by atoms with van der Waals surface area (Å²) >= 11 is 1.70. The van der Waals surface area contributed by atoms with Crippen LogP contribution in [0.1, 0.15) is 34.3 Å². The molecule has 2 saturated heterocycles. The van der Waals surface area contributed by atoms with Crippen LogP contribution in [-0.2, 0) is 14.8 Å². The van der Waals surface area contributed by atoms with E-state index in [4.69, 9.17) is 9.72 Å². The number of likely N-dealkylation sites (N-methyl/N-ethyl adjacent to an activating group) is 1. The highest BCUT2D eigenvalue weighted by atomic mass is 32.2. The van der Waals surface area contributed by atoms with Crippen molar-refractivity contribution in [1.82, 2.24) is 14.2 Å². The van der Waals surface area contributed by atoms with E-state index in [1.54, 1.807) is 30.5 Å². The number of hydrogen-bond acceptors (Lipinski definition) is 7. The van der Waals surface area contributed by atoms with E-state index < -0.39 is 10.0 Å². The maximum absolute atomic E-state index is 13.1. The van der Waals surface area contributed by atoms with Crippen LogP contribution in [0.2, 0.25) is 0 Å². The number of sulfonamides is 1. The summed E-state index contributed by atoms with van der Waals surface area (Å²) in [6, 6.07) is 10.6. The number of fused-ring (bicyclic) bond motifs is 1. The average Bonchev–Trinajstić information content (AvgIpc) is 3.54. The van der Waals surface area contributed by atoms with Crippen molar-refractivity contribution < 1.29 is 17.9 Å². The summed E-state index contributed by atoms with van der Waals surface area (Å²) in [5.41, 5.74) is 3.98. The molecule has 1 aromatic heterocycles. The van der Waals surface area contributed by atoms with Gasteiger partial charge in [0.1, 0.15) is 0 Å². The third kappa shape index (κ3) is 5.00. The molecule has 0 radical (unpaired) electrons. The summed E-state index contributed by atoms with van der Waals surface area (Å²) in [4.78, 5) is 22.2. The number of carbonyl (C=O) groups is 1. The van der Waals surface area contributed by atoms with Gasteiger partial charge in [0.15, 0.2) is 5.13 Å². The van der Waals surface area contributed by atoms with Gasteiger partial charge in [0.2, 0.25) is 10.0 Å². The fraction of sp³-hybridized carbons (Fsp3) is 0.462. The van der Waals surface area contributed by atoms with E-state index in [1.165, 1.54) is 32.3 Å². The Morgan fingerprint density at radius 3 is 2.53 bits per heavy atom. The number of nitrogens with zero attached hydrogens (tertiary/aromatic N) is 4. The van der Waals surface area contributed by atoms with E-state index in [9.17, 15) is 13.2 Å². The Bertz CT molecular complexity index is 1360. The smallest absolute Gasteiger partial charge is 0.253 e. The van der Waals surface area contributed by atoms with E-state index >= 15 is 0 Å². The quantitative estimate of drug-likeness (QED) is 0.486. The number of amides is 1. The Balaban J connectivity index is 1.21. The van der Waals surface area contributed by atoms with Crippen molar-refractivity contribution in [3.63, 3.8) is 0 Å². The molecule has 2 aliphatic rings. The maximum atomic E-state index is 13.1. The molecule has 0 saturated carbocycles. The lowest BCUT2D eigenvalue weighted by Crippen LogP contribution is -2.48. The molecule has 192 valence electrons. The molecule has 1 unspecified atom stereocenters. The number of aryl methyl sites for hydroxylation is 2. The van der Waals surface area contributed by atoms with Gasteiger partial charge in [-0.15, -0.1) is 0 Å². The van der Waals surface area contributed by atoms with E-state index in [0.717, 1.165) is 23.5 Å². The van der Waals surface area contributed by atoms with E-state index in [0.29, 0.717) is 44.9 Å². The van der Waals surface area contributed by atoms with Crippen molar-refractivity contribution in [1.29, 1.82) is 0 Å². The fourth-order valence-electron chi connectivity index (χ4n) is 4.91. The number of piperazine rings is 1. The Morgan fingerprint density at radius 2 is 1.86 bits per heavy atom. The zero-order chi connectivity index (χ0) is 25.4. The molecule has 10 heteroatoms. The van der Waals surface area contributed by atoms with Gasteiger partial charge in [-0.25, -0.2) is 13.4 Å². The molecule has 1 amide bonds. The maximum Gasteiger partial charge on any atom is 0.253 e. The Labute approximate surface area is 216 Å². The van der Waals surface area contributed by atoms with Gasteiger partial charge in [0.05, 0.1) is 21.2 Å². The highest BCUT2D eigenvalue weighted by Gasteiger charge is 2.28. The van der Waals surface area contributed by atoms with Crippen LogP contribution in [-0.4, -0.2) is 81.0 Å². The van der Waals surface area contributed by atoms with Gasteiger partial charge in [-0.1, -0.05) is 17.4 Å². The number of rotatable bonds is 6. The molecule has 2 fully saturated rings. The Kier molecular flexibility index (Phi) is 7.04. The molecule has 5 rings (SSSR count). The van der Waals surface area contributed by atoms with Crippen LogP contribution >= 0.6 is 11.3 Å². The summed E-state index contributed by atoms with van der Waals surface area (Å²) < 4.78 is 34.0. The molecule has 1 atom stereocenters. The number of carbonyl (C=O) groups excluding carboxylic acids is 1. The van der Waals surface area contributed by atoms with Crippen LogP contribution in [0.4, 0.5) is 5.13 Å². The van der Waals surface area contributed by atoms with Gasteiger partial charge in [0.25, 0.3) is 5.91 Å². The topological polar surface area (TPSA) is 83.1 Å². The highest BCUT2D eigenvalue weighted by molar-refractivity contribution is 7.89. The van der Waals surface area contributed by atoms with Crippen molar-refractivity contribution in [2.45, 2.75) is 37.7 Å². The Hall–Kier alpha value is -2.53. The summed E-state index contributed by atoms with van der Waals surface area (Å²) in [5, 5.41) is 0.993. The average molecular weight is 529 g/mol. The van der Waals surface area contributed by atoms with E-state index in [-0.39, 0.29) is 16.9 Å². The molecule has 0 aliphatic carbocycles. The van der Waals surface area contributed by atoms with Crippen LogP contribution < -0.4 is 4.90 Å². The van der Waals surface area contributed by atoms with Gasteiger partial charge in [-0.2, -0.15) is 4.31 Å². The van der Waals surface area contributed by atoms with Crippen molar-refractivity contribution in [2.75, 3.05) is 51.3 Å². The van der Waals surface area contributed by atoms with E-state index in [1.807, 2.05) is 4.90 Å². The molecular weight excluding hydrogens is 496 g/mol. The molecule has 2 aromatic carbocycles. The summed E-state index contributed by atoms with van der Waals surface area (Å²) in [6.07, 6.45) is 1.78. The fourth-order valence-corrected chi connectivity index (χ4v) is 7.18. The Morgan fingerprint density at radius 1 is 1.14 bits per heavy atom. The molecule has 0 bridgehead atoms. The van der Waals surface area contributed by atoms with Gasteiger partial charge >= 0.3 is 0 Å². The second-order valence-corrected chi connectivity index (χ2v) is 12.7. The molecule has 2 aliphatic heterocycles. The third-order valence-corrected chi connectivity index (χ3v) is 10.0. The predicted octanol–water partition coefficient (Wildman–Crippen LogP) is 3.68. The molecule has 3 heterocycles. The number of hydrogen-bond donors (Lipinski definition) is 0. The molecular formula is C26H32N4O4S2. The van der Waals surface area contributed by atoms with E-state index in [2.05, 4.69) is 30.9 Å². The zero-order valence-electron chi connectivity index (χ0n) is 20.9. The lowest BCUT2D eigenvalue weighted by atomic mass is 10.1. The zero-order valence-corrected chi connectivity index (χ0v) is 22.6. The van der Waals surface area contributed by atoms with Crippen LogP contribution in [0.5, 0.6) is 0 Å². The van der Waals surface area contributed by atoms with Gasteiger partial charge in [-0.3, -0.25) is 4.79 Å². The van der Waals surface area contributed by atoms with Gasteiger partial charge in [0, 0.05) is 51.9 Å². The first-order chi connectivity index (χ1) is 17.2. The van der Waals surface area contributed by atoms with Crippen LogP contribution in [0.15, 0.2) is 41.3 Å². The minimum absolute atomic E-state index is 0.0554. The molecule has 36 heavy (non-hydrogen) atoms. The van der Waals surface area contributed by atoms with Crippen molar-refractivity contribution >= 4 is 42.6 Å². The standard InChI is InChI=1S/C26H32N4O4S2/c1-18-15-19(2)24-23(16-18)27-26(35-24)30-12-10-29(11-13-30)25(31)20-6-8-22(9-7-20)36(32,33)28(3)17-21-5-4-14-34-21/h6-9,15-16,21H,4-5,10-14,17H2,1-3H3. The van der Waals surface area contributed by atoms with Gasteiger partial charge in [-0.05, 0) is 68.1 Å². The summed E-state index contributed by atoms with van der Waals surface area (Å²) in [7, 11) is -2.06.